The number of nitrogens with one attached hydrogen (secondary N) is 1. The lowest BCUT2D eigenvalue weighted by atomic mass is 10.1. The maximum atomic E-state index is 14.2. The van der Waals surface area contributed by atoms with E-state index >= 15 is 0 Å². The Kier molecular flexibility index (Phi) is 4.78. The van der Waals surface area contributed by atoms with Crippen LogP contribution in [-0.2, 0) is 11.3 Å². The van der Waals surface area contributed by atoms with E-state index in [0.717, 1.165) is 21.5 Å². The summed E-state index contributed by atoms with van der Waals surface area (Å²) in [6.45, 7) is 2.33. The van der Waals surface area contributed by atoms with Gasteiger partial charge >= 0.3 is 0 Å². The van der Waals surface area contributed by atoms with Gasteiger partial charge in [-0.05, 0) is 36.4 Å². The van der Waals surface area contributed by atoms with Gasteiger partial charge in [-0.25, -0.2) is 4.39 Å². The summed E-state index contributed by atoms with van der Waals surface area (Å²) in [6.07, 6.45) is 4.27. The third-order valence-corrected chi connectivity index (χ3v) is 6.27. The smallest absolute Gasteiger partial charge is 0.283 e. The van der Waals surface area contributed by atoms with Crippen molar-refractivity contribution in [2.75, 3.05) is 0 Å². The van der Waals surface area contributed by atoms with Crippen molar-refractivity contribution in [2.24, 2.45) is 10.1 Å². The van der Waals surface area contributed by atoms with Crippen LogP contribution in [-0.4, -0.2) is 31.5 Å². The number of carbonyl (C=O) groups is 1. The summed E-state index contributed by atoms with van der Waals surface area (Å²) in [4.78, 5) is 16.8. The normalized spacial score (nSPS) is 17.4. The van der Waals surface area contributed by atoms with Gasteiger partial charge in [0.1, 0.15) is 10.9 Å². The first-order chi connectivity index (χ1) is 15.0. The van der Waals surface area contributed by atoms with Crippen molar-refractivity contribution in [3.8, 4) is 0 Å². The number of amides is 1. The molecule has 0 fully saturated rings. The van der Waals surface area contributed by atoms with E-state index in [1.54, 1.807) is 18.2 Å². The molecule has 0 atom stereocenters. The molecule has 3 aromatic rings. The van der Waals surface area contributed by atoms with E-state index in [4.69, 9.17) is 5.41 Å². The summed E-state index contributed by atoms with van der Waals surface area (Å²) in [5.41, 5.74) is 2.44. The van der Waals surface area contributed by atoms with Crippen molar-refractivity contribution < 1.29 is 9.18 Å². The number of amidine groups is 2. The van der Waals surface area contributed by atoms with Gasteiger partial charge in [-0.15, -0.1) is 0 Å². The second-order valence-corrected chi connectivity index (χ2v) is 8.23. The van der Waals surface area contributed by atoms with Crippen LogP contribution < -0.4 is 0 Å². The number of aliphatic imine (C=N–C) groups is 1. The maximum absolute atomic E-state index is 14.2. The van der Waals surface area contributed by atoms with E-state index in [1.165, 1.54) is 22.8 Å². The Bertz CT molecular complexity index is 1340. The van der Waals surface area contributed by atoms with Crippen LogP contribution in [0.5, 0.6) is 0 Å². The molecule has 0 unspecified atom stereocenters. The highest BCUT2D eigenvalue weighted by Crippen LogP contribution is 2.31. The van der Waals surface area contributed by atoms with Crippen LogP contribution in [0.3, 0.4) is 0 Å². The molecular weight excluding hydrogens is 413 g/mol. The number of fused-ring (bicyclic) bond motifs is 2. The molecule has 0 saturated heterocycles. The minimum Gasteiger partial charge on any atom is -0.342 e. The Labute approximate surface area is 182 Å². The fraction of sp³-hybridized carbons (Fsp3) is 0.130. The number of nitrogens with zero attached hydrogens (tertiary/aromatic N) is 4. The van der Waals surface area contributed by atoms with E-state index in [2.05, 4.69) is 10.1 Å². The minimum absolute atomic E-state index is 0.0110. The first kappa shape index (κ1) is 19.4. The number of carbonyl (C=O) groups excluding carboxylic acids is 1. The molecule has 2 aliphatic heterocycles. The molecule has 1 N–H and O–H groups in total. The minimum atomic E-state index is -0.456. The first-order valence-corrected chi connectivity index (χ1v) is 10.7. The number of benzene rings is 2. The molecule has 0 saturated carbocycles. The predicted octanol–water partition coefficient (Wildman–Crippen LogP) is 4.86. The third-order valence-electron chi connectivity index (χ3n) is 5.22. The molecule has 0 aliphatic carbocycles. The average molecular weight is 431 g/mol. The second kappa shape index (κ2) is 7.63. The number of halogens is 1. The second-order valence-electron chi connectivity index (χ2n) is 7.19. The van der Waals surface area contributed by atoms with Gasteiger partial charge in [0, 0.05) is 28.2 Å². The predicted molar refractivity (Wildman–Crippen MR) is 123 cm³/mol. The monoisotopic (exact) mass is 431 g/mol. The van der Waals surface area contributed by atoms with Crippen molar-refractivity contribution >= 4 is 50.7 Å². The lowest BCUT2D eigenvalue weighted by Gasteiger charge is -2.20. The van der Waals surface area contributed by atoms with Gasteiger partial charge in [0.2, 0.25) is 5.17 Å². The van der Waals surface area contributed by atoms with E-state index in [9.17, 15) is 9.18 Å². The quantitative estimate of drug-likeness (QED) is 0.600. The van der Waals surface area contributed by atoms with Crippen LogP contribution in [0.1, 0.15) is 24.5 Å². The largest absolute Gasteiger partial charge is 0.342 e. The molecule has 1 aromatic heterocycles. The number of rotatable bonds is 4. The van der Waals surface area contributed by atoms with Crippen molar-refractivity contribution in [3.63, 3.8) is 0 Å². The topological polar surface area (TPSA) is 73.8 Å². The van der Waals surface area contributed by atoms with Crippen molar-refractivity contribution in [3.05, 3.63) is 77.2 Å². The van der Waals surface area contributed by atoms with Crippen LogP contribution in [0.15, 0.2) is 70.4 Å². The van der Waals surface area contributed by atoms with Crippen molar-refractivity contribution in [2.45, 2.75) is 19.9 Å². The Morgan fingerprint density at radius 2 is 1.94 bits per heavy atom. The highest BCUT2D eigenvalue weighted by molar-refractivity contribution is 8.26. The zero-order valence-corrected chi connectivity index (χ0v) is 17.5. The number of hydrogen-bond donors (Lipinski definition) is 1. The molecule has 0 bridgehead atoms. The first-order valence-electron chi connectivity index (χ1n) is 9.85. The Morgan fingerprint density at radius 3 is 2.74 bits per heavy atom. The van der Waals surface area contributed by atoms with Gasteiger partial charge in [-0.3, -0.25) is 10.2 Å². The molecule has 0 spiro atoms. The Morgan fingerprint density at radius 1 is 1.16 bits per heavy atom. The van der Waals surface area contributed by atoms with Crippen LogP contribution in [0.2, 0.25) is 0 Å². The maximum Gasteiger partial charge on any atom is 0.283 e. The number of hydrogen-bond acceptors (Lipinski definition) is 4. The highest BCUT2D eigenvalue weighted by atomic mass is 32.2. The zero-order chi connectivity index (χ0) is 21.5. The average Bonchev–Trinajstić information content (AvgIpc) is 3.34. The summed E-state index contributed by atoms with van der Waals surface area (Å²) in [5.74, 6) is -0.707. The van der Waals surface area contributed by atoms with Crippen molar-refractivity contribution in [1.82, 2.24) is 9.58 Å². The van der Waals surface area contributed by atoms with Crippen molar-refractivity contribution in [1.29, 1.82) is 5.41 Å². The molecule has 8 heteroatoms. The molecule has 2 aromatic carbocycles. The number of aromatic nitrogens is 1. The fourth-order valence-corrected chi connectivity index (χ4v) is 4.49. The van der Waals surface area contributed by atoms with E-state index in [-0.39, 0.29) is 17.2 Å². The lowest BCUT2D eigenvalue weighted by Crippen LogP contribution is -2.35. The van der Waals surface area contributed by atoms with E-state index < -0.39 is 5.91 Å². The Balaban J connectivity index is 1.58. The molecule has 5 rings (SSSR count). The molecule has 154 valence electrons. The van der Waals surface area contributed by atoms with Gasteiger partial charge in [0.05, 0.1) is 12.1 Å². The van der Waals surface area contributed by atoms with Crippen LogP contribution in [0.4, 0.5) is 4.39 Å². The fourth-order valence-electron chi connectivity index (χ4n) is 3.66. The highest BCUT2D eigenvalue weighted by Gasteiger charge is 2.35. The molecule has 3 heterocycles. The lowest BCUT2D eigenvalue weighted by molar-refractivity contribution is -0.114. The van der Waals surface area contributed by atoms with Gasteiger partial charge in [-0.1, -0.05) is 43.3 Å². The molecular formula is C23H18FN5OS. The summed E-state index contributed by atoms with van der Waals surface area (Å²) in [5, 5.41) is 16.5. The SMILES string of the molecule is CCC1=NN2C(=N)C(=Cc3cn(Cc4ccccc4F)c4ccccc34)C(=O)N=C2S1. The molecule has 0 radical (unpaired) electrons. The van der Waals surface area contributed by atoms with Gasteiger partial charge in [-0.2, -0.15) is 15.1 Å². The summed E-state index contributed by atoms with van der Waals surface area (Å²) >= 11 is 1.32. The molecule has 1 amide bonds. The van der Waals surface area contributed by atoms with Gasteiger partial charge in [0.15, 0.2) is 5.84 Å². The number of para-hydroxylation sites is 1. The zero-order valence-electron chi connectivity index (χ0n) is 16.7. The Hall–Kier alpha value is -3.52. The standard InChI is InChI=1S/C23H18FN5OS/c1-2-20-27-29-21(25)17(22(30)26-23(29)31-20)11-15-13-28(19-10-6-4-8-16(15)19)12-14-7-3-5-9-18(14)24/h3-11,13,25H,2,12H2,1H3. The summed E-state index contributed by atoms with van der Waals surface area (Å²) in [6, 6.07) is 14.4. The molecule has 2 aliphatic rings. The van der Waals surface area contributed by atoms with Gasteiger partial charge in [0.25, 0.3) is 5.91 Å². The number of thioether (sulfide) groups is 1. The molecule has 6 nitrogen and oxygen atoms in total. The van der Waals surface area contributed by atoms with Crippen LogP contribution >= 0.6 is 11.8 Å². The van der Waals surface area contributed by atoms with Crippen LogP contribution in [0, 0.1) is 11.2 Å². The van der Waals surface area contributed by atoms with E-state index in [0.29, 0.717) is 23.7 Å². The van der Waals surface area contributed by atoms with E-state index in [1.807, 2.05) is 48.0 Å². The summed E-state index contributed by atoms with van der Waals surface area (Å²) < 4.78 is 16.2. The number of hydrazone groups is 1. The third kappa shape index (κ3) is 3.38. The van der Waals surface area contributed by atoms with Crippen LogP contribution in [0.25, 0.3) is 17.0 Å². The van der Waals surface area contributed by atoms with Gasteiger partial charge < -0.3 is 4.57 Å². The molecule has 31 heavy (non-hydrogen) atoms. The summed E-state index contributed by atoms with van der Waals surface area (Å²) in [7, 11) is 0.